The Morgan fingerprint density at radius 3 is 2.39 bits per heavy atom. The summed E-state index contributed by atoms with van der Waals surface area (Å²) in [5.41, 5.74) is 8.65. The monoisotopic (exact) mass is 249 g/mol. The van der Waals surface area contributed by atoms with Crippen molar-refractivity contribution in [3.8, 4) is 0 Å². The molecule has 1 aromatic heterocycles. The maximum absolute atomic E-state index is 6.02. The van der Waals surface area contributed by atoms with E-state index in [1.54, 1.807) is 0 Å². The molecule has 3 N–H and O–H groups in total. The van der Waals surface area contributed by atoms with Crippen molar-refractivity contribution in [1.29, 1.82) is 0 Å². The van der Waals surface area contributed by atoms with E-state index in [4.69, 9.17) is 5.73 Å². The van der Waals surface area contributed by atoms with Crippen LogP contribution in [0.5, 0.6) is 0 Å². The minimum atomic E-state index is 0.636. The Balaban J connectivity index is 2.14. The van der Waals surface area contributed by atoms with Gasteiger partial charge in [0.2, 0.25) is 0 Å². The summed E-state index contributed by atoms with van der Waals surface area (Å²) in [6, 6.07) is 0. The second-order valence-electron chi connectivity index (χ2n) is 6.14. The van der Waals surface area contributed by atoms with Crippen molar-refractivity contribution in [2.45, 2.75) is 71.1 Å². The second-order valence-corrected chi connectivity index (χ2v) is 6.14. The van der Waals surface area contributed by atoms with Gasteiger partial charge in [-0.2, -0.15) is 5.10 Å². The van der Waals surface area contributed by atoms with Crippen LogP contribution >= 0.6 is 0 Å². The zero-order valence-corrected chi connectivity index (χ0v) is 11.8. The number of nitrogens with zero attached hydrogens (tertiary/aromatic N) is 1. The van der Waals surface area contributed by atoms with E-state index in [1.807, 2.05) is 0 Å². The van der Waals surface area contributed by atoms with E-state index in [2.05, 4.69) is 24.0 Å². The summed E-state index contributed by atoms with van der Waals surface area (Å²) in [6.45, 7) is 4.49. The third-order valence-corrected chi connectivity index (χ3v) is 4.06. The van der Waals surface area contributed by atoms with Crippen LogP contribution < -0.4 is 5.73 Å². The number of anilines is 1. The van der Waals surface area contributed by atoms with Crippen LogP contribution in [-0.4, -0.2) is 10.2 Å². The summed E-state index contributed by atoms with van der Waals surface area (Å²) >= 11 is 0. The lowest BCUT2D eigenvalue weighted by molar-refractivity contribution is 0.446. The molecule has 1 aliphatic carbocycles. The molecule has 18 heavy (non-hydrogen) atoms. The molecule has 0 spiro atoms. The lowest BCUT2D eigenvalue weighted by Gasteiger charge is -2.20. The van der Waals surface area contributed by atoms with Gasteiger partial charge in [-0.05, 0) is 25.2 Å². The van der Waals surface area contributed by atoms with E-state index in [9.17, 15) is 0 Å². The van der Waals surface area contributed by atoms with E-state index < -0.39 is 0 Å². The highest BCUT2D eigenvalue weighted by Gasteiger charge is 2.21. The normalized spacial score (nSPS) is 18.8. The lowest BCUT2D eigenvalue weighted by atomic mass is 9.86. The van der Waals surface area contributed by atoms with Gasteiger partial charge in [0.15, 0.2) is 0 Å². The van der Waals surface area contributed by atoms with Crippen LogP contribution in [0, 0.1) is 5.92 Å². The molecule has 0 radical (unpaired) electrons. The van der Waals surface area contributed by atoms with Gasteiger partial charge in [-0.15, -0.1) is 0 Å². The number of aromatic amines is 1. The Morgan fingerprint density at radius 2 is 1.78 bits per heavy atom. The summed E-state index contributed by atoms with van der Waals surface area (Å²) in [6.07, 6.45) is 10.5. The number of nitrogens with two attached hydrogens (primary N) is 1. The van der Waals surface area contributed by atoms with Crippen molar-refractivity contribution in [1.82, 2.24) is 10.2 Å². The fraction of sp³-hybridized carbons (Fsp3) is 0.800. The molecular weight excluding hydrogens is 222 g/mol. The summed E-state index contributed by atoms with van der Waals surface area (Å²) in [7, 11) is 0. The number of rotatable bonds is 3. The maximum Gasteiger partial charge on any atom is 0.148 e. The molecule has 0 unspecified atom stereocenters. The molecule has 1 fully saturated rings. The van der Waals surface area contributed by atoms with E-state index in [-0.39, 0.29) is 0 Å². The van der Waals surface area contributed by atoms with Crippen molar-refractivity contribution in [3.05, 3.63) is 11.3 Å². The van der Waals surface area contributed by atoms with E-state index in [0.717, 1.165) is 12.2 Å². The summed E-state index contributed by atoms with van der Waals surface area (Å²) < 4.78 is 0. The highest BCUT2D eigenvalue weighted by molar-refractivity contribution is 5.43. The van der Waals surface area contributed by atoms with Crippen LogP contribution in [-0.2, 0) is 6.42 Å². The fourth-order valence-electron chi connectivity index (χ4n) is 3.10. The first kappa shape index (κ1) is 13.4. The van der Waals surface area contributed by atoms with Crippen molar-refractivity contribution >= 4 is 5.82 Å². The van der Waals surface area contributed by atoms with E-state index in [1.165, 1.54) is 56.2 Å². The van der Waals surface area contributed by atoms with Crippen molar-refractivity contribution in [2.24, 2.45) is 5.92 Å². The first-order valence-corrected chi connectivity index (χ1v) is 7.51. The van der Waals surface area contributed by atoms with Gasteiger partial charge in [-0.1, -0.05) is 46.0 Å². The first-order valence-electron chi connectivity index (χ1n) is 7.51. The zero-order chi connectivity index (χ0) is 13.0. The Kier molecular flexibility index (Phi) is 4.67. The van der Waals surface area contributed by atoms with Crippen LogP contribution in [0.15, 0.2) is 0 Å². The van der Waals surface area contributed by atoms with Crippen LogP contribution in [0.3, 0.4) is 0 Å². The molecule has 2 rings (SSSR count). The predicted molar refractivity (Wildman–Crippen MR) is 76.6 cm³/mol. The molecule has 0 aromatic carbocycles. The van der Waals surface area contributed by atoms with Gasteiger partial charge >= 0.3 is 0 Å². The fourth-order valence-corrected chi connectivity index (χ4v) is 3.10. The van der Waals surface area contributed by atoms with Gasteiger partial charge in [-0.25, -0.2) is 0 Å². The highest BCUT2D eigenvalue weighted by atomic mass is 15.2. The molecule has 1 saturated carbocycles. The largest absolute Gasteiger partial charge is 0.382 e. The second kappa shape index (κ2) is 6.26. The predicted octanol–water partition coefficient (Wildman–Crippen LogP) is 4.02. The third kappa shape index (κ3) is 3.27. The Hall–Kier alpha value is -0.990. The molecule has 0 bridgehead atoms. The smallest absolute Gasteiger partial charge is 0.148 e. The van der Waals surface area contributed by atoms with E-state index in [0.29, 0.717) is 11.8 Å². The van der Waals surface area contributed by atoms with Gasteiger partial charge < -0.3 is 5.73 Å². The summed E-state index contributed by atoms with van der Waals surface area (Å²) in [5, 5.41) is 7.47. The van der Waals surface area contributed by atoms with Crippen LogP contribution in [0.1, 0.15) is 76.0 Å². The molecule has 0 amide bonds. The molecule has 0 aliphatic heterocycles. The number of H-pyrrole nitrogens is 1. The summed E-state index contributed by atoms with van der Waals surface area (Å²) in [5.74, 6) is 2.02. The number of nitrogens with one attached hydrogen (secondary N) is 1. The van der Waals surface area contributed by atoms with Crippen LogP contribution in [0.25, 0.3) is 0 Å². The van der Waals surface area contributed by atoms with Crippen LogP contribution in [0.4, 0.5) is 5.82 Å². The SMILES string of the molecule is CC(C)Cc1c(N)n[nH]c1C1CCCCCCC1. The summed E-state index contributed by atoms with van der Waals surface area (Å²) in [4.78, 5) is 0. The number of hydrogen-bond acceptors (Lipinski definition) is 2. The number of aromatic nitrogens is 2. The molecule has 3 nitrogen and oxygen atoms in total. The minimum absolute atomic E-state index is 0.636. The molecule has 1 heterocycles. The number of nitrogen functional groups attached to an aromatic ring is 1. The average molecular weight is 249 g/mol. The molecule has 102 valence electrons. The molecular formula is C15H27N3. The van der Waals surface area contributed by atoms with Gasteiger partial charge in [0.05, 0.1) is 0 Å². The first-order chi connectivity index (χ1) is 8.68. The molecule has 1 aliphatic rings. The van der Waals surface area contributed by atoms with Gasteiger partial charge in [0, 0.05) is 17.2 Å². The maximum atomic E-state index is 6.02. The number of hydrogen-bond donors (Lipinski definition) is 2. The third-order valence-electron chi connectivity index (χ3n) is 4.06. The van der Waals surface area contributed by atoms with Crippen LogP contribution in [0.2, 0.25) is 0 Å². The van der Waals surface area contributed by atoms with Crippen molar-refractivity contribution < 1.29 is 0 Å². The van der Waals surface area contributed by atoms with Gasteiger partial charge in [0.25, 0.3) is 0 Å². The Bertz CT molecular complexity index is 360. The molecule has 0 atom stereocenters. The van der Waals surface area contributed by atoms with E-state index >= 15 is 0 Å². The molecule has 3 heteroatoms. The highest BCUT2D eigenvalue weighted by Crippen LogP contribution is 2.34. The topological polar surface area (TPSA) is 54.7 Å². The Labute approximate surface area is 111 Å². The molecule has 0 saturated heterocycles. The minimum Gasteiger partial charge on any atom is -0.382 e. The van der Waals surface area contributed by atoms with Gasteiger partial charge in [-0.3, -0.25) is 5.10 Å². The molecule has 1 aromatic rings. The van der Waals surface area contributed by atoms with Crippen molar-refractivity contribution in [3.63, 3.8) is 0 Å². The lowest BCUT2D eigenvalue weighted by Crippen LogP contribution is -2.07. The van der Waals surface area contributed by atoms with Gasteiger partial charge in [0.1, 0.15) is 5.82 Å². The quantitative estimate of drug-likeness (QED) is 0.850. The zero-order valence-electron chi connectivity index (χ0n) is 11.8. The standard InChI is InChI=1S/C15H27N3/c1-11(2)10-13-14(17-18-15(13)16)12-8-6-4-3-5-7-9-12/h11-12H,3-10H2,1-2H3,(H3,16,17,18). The average Bonchev–Trinajstić information content (AvgIpc) is 2.60. The van der Waals surface area contributed by atoms with Crippen molar-refractivity contribution in [2.75, 3.05) is 5.73 Å². The Morgan fingerprint density at radius 1 is 1.17 bits per heavy atom.